The van der Waals surface area contributed by atoms with Gasteiger partial charge in [-0.1, -0.05) is 35.1 Å². The maximum Gasteiger partial charge on any atom is 0.416 e. The minimum absolute atomic E-state index is 0.290. The van der Waals surface area contributed by atoms with Crippen molar-refractivity contribution in [2.45, 2.75) is 50.1 Å². The van der Waals surface area contributed by atoms with Crippen molar-refractivity contribution in [2.24, 2.45) is 0 Å². The minimum atomic E-state index is -4.35. The molecule has 0 aliphatic carbocycles. The van der Waals surface area contributed by atoms with Crippen LogP contribution in [-0.4, -0.2) is 19.3 Å². The molecule has 0 saturated carbocycles. The van der Waals surface area contributed by atoms with Gasteiger partial charge in [-0.05, 0) is 69.0 Å². The van der Waals surface area contributed by atoms with Gasteiger partial charge >= 0.3 is 6.18 Å². The van der Waals surface area contributed by atoms with Crippen molar-refractivity contribution >= 4 is 10.0 Å². The van der Waals surface area contributed by atoms with Crippen LogP contribution in [0.3, 0.4) is 0 Å². The fraction of sp³-hybridized carbons (Fsp3) is 0.333. The van der Waals surface area contributed by atoms with Crippen molar-refractivity contribution in [1.82, 2.24) is 4.31 Å². The van der Waals surface area contributed by atoms with Gasteiger partial charge < -0.3 is 0 Å². The Labute approximate surface area is 181 Å². The molecule has 0 N–H and O–H groups in total. The van der Waals surface area contributed by atoms with Gasteiger partial charge in [0.2, 0.25) is 0 Å². The lowest BCUT2D eigenvalue weighted by atomic mass is 10.0. The monoisotopic (exact) mass is 447 g/mol. The zero-order chi connectivity index (χ0) is 22.5. The fourth-order valence-electron chi connectivity index (χ4n) is 3.33. The first-order valence-electron chi connectivity index (χ1n) is 10.1. The summed E-state index contributed by atoms with van der Waals surface area (Å²) in [5.74, 6) is 5.86. The van der Waals surface area contributed by atoms with E-state index in [2.05, 4.69) is 11.8 Å². The lowest BCUT2D eigenvalue weighted by molar-refractivity contribution is -0.137. The fourth-order valence-corrected chi connectivity index (χ4v) is 4.74. The molecule has 0 aromatic heterocycles. The van der Waals surface area contributed by atoms with Crippen LogP contribution in [-0.2, 0) is 16.2 Å². The Morgan fingerprint density at radius 3 is 2.35 bits per heavy atom. The molecule has 0 fully saturated rings. The van der Waals surface area contributed by atoms with E-state index in [1.807, 2.05) is 6.92 Å². The number of benzene rings is 2. The van der Waals surface area contributed by atoms with Crippen LogP contribution in [0.4, 0.5) is 13.2 Å². The third-order valence-electron chi connectivity index (χ3n) is 5.08. The van der Waals surface area contributed by atoms with Crippen molar-refractivity contribution < 1.29 is 21.6 Å². The Morgan fingerprint density at radius 1 is 1.03 bits per heavy atom. The van der Waals surface area contributed by atoms with Gasteiger partial charge in [-0.2, -0.15) is 13.2 Å². The molecule has 0 radical (unpaired) electrons. The maximum absolute atomic E-state index is 12.9. The van der Waals surface area contributed by atoms with E-state index >= 15 is 0 Å². The van der Waals surface area contributed by atoms with Crippen LogP contribution >= 0.6 is 0 Å². The first kappa shape index (κ1) is 23.0. The van der Waals surface area contributed by atoms with Crippen LogP contribution < -0.4 is 0 Å². The van der Waals surface area contributed by atoms with Crippen LogP contribution in [0, 0.1) is 18.8 Å². The van der Waals surface area contributed by atoms with Crippen LogP contribution in [0.25, 0.3) is 0 Å². The van der Waals surface area contributed by atoms with E-state index in [1.165, 1.54) is 16.4 Å². The number of alkyl halides is 3. The Kier molecular flexibility index (Phi) is 7.11. The molecule has 1 heterocycles. The zero-order valence-corrected chi connectivity index (χ0v) is 18.1. The van der Waals surface area contributed by atoms with E-state index in [0.29, 0.717) is 18.5 Å². The number of nitrogens with zero attached hydrogens (tertiary/aromatic N) is 1. The molecule has 0 saturated heterocycles. The second-order valence-corrected chi connectivity index (χ2v) is 9.44. The number of aryl methyl sites for hydroxylation is 1. The molecule has 3 nitrogen and oxygen atoms in total. The van der Waals surface area contributed by atoms with Gasteiger partial charge in [-0.3, -0.25) is 4.31 Å². The predicted octanol–water partition coefficient (Wildman–Crippen LogP) is 5.90. The first-order valence-corrected chi connectivity index (χ1v) is 11.5. The van der Waals surface area contributed by atoms with Crippen molar-refractivity contribution in [3.63, 3.8) is 0 Å². The summed E-state index contributed by atoms with van der Waals surface area (Å²) in [6.45, 7) is 2.38. The largest absolute Gasteiger partial charge is 0.416 e. The number of hydrogen-bond acceptors (Lipinski definition) is 2. The van der Waals surface area contributed by atoms with Crippen LogP contribution in [0.1, 0.15) is 48.8 Å². The molecule has 0 bridgehead atoms. The Morgan fingerprint density at radius 2 is 1.71 bits per heavy atom. The molecule has 1 aliphatic rings. The highest BCUT2D eigenvalue weighted by molar-refractivity contribution is 7.89. The number of unbranched alkanes of at least 4 members (excludes halogenated alkanes) is 1. The third kappa shape index (κ3) is 6.14. The average Bonchev–Trinajstić information content (AvgIpc) is 2.74. The van der Waals surface area contributed by atoms with E-state index in [0.717, 1.165) is 49.0 Å². The van der Waals surface area contributed by atoms with Gasteiger partial charge in [-0.15, -0.1) is 0 Å². The summed E-state index contributed by atoms with van der Waals surface area (Å²) >= 11 is 0. The number of sulfonamides is 1. The lowest BCUT2D eigenvalue weighted by Crippen LogP contribution is -2.30. The second-order valence-electron chi connectivity index (χ2n) is 7.55. The molecule has 0 spiro atoms. The average molecular weight is 448 g/mol. The Hall–Kier alpha value is -2.72. The second kappa shape index (κ2) is 9.61. The summed E-state index contributed by atoms with van der Waals surface area (Å²) in [7, 11) is -3.55. The molecule has 0 unspecified atom stereocenters. The van der Waals surface area contributed by atoms with E-state index in [-0.39, 0.29) is 4.90 Å². The molecule has 0 amide bonds. The summed E-state index contributed by atoms with van der Waals surface area (Å²) in [4.78, 5) is 0.290. The maximum atomic E-state index is 12.9. The molecule has 7 heteroatoms. The molecule has 0 atom stereocenters. The zero-order valence-electron chi connectivity index (χ0n) is 17.2. The molecule has 2 aromatic carbocycles. The topological polar surface area (TPSA) is 37.4 Å². The minimum Gasteiger partial charge on any atom is -0.273 e. The normalized spacial score (nSPS) is 14.6. The van der Waals surface area contributed by atoms with Crippen molar-refractivity contribution in [3.05, 3.63) is 77.0 Å². The van der Waals surface area contributed by atoms with Gasteiger partial charge in [-0.25, -0.2) is 8.42 Å². The SMILES string of the molecule is Cc1ccc(S(=O)(=O)N2C=C(CCCC#Cc3ccc(C(F)(F)F)cc3)CCC2)cc1. The van der Waals surface area contributed by atoms with Gasteiger partial charge in [0.1, 0.15) is 0 Å². The van der Waals surface area contributed by atoms with Crippen molar-refractivity contribution in [1.29, 1.82) is 0 Å². The molecule has 3 rings (SSSR count). The van der Waals surface area contributed by atoms with Gasteiger partial charge in [0.15, 0.2) is 0 Å². The van der Waals surface area contributed by atoms with Gasteiger partial charge in [0, 0.05) is 24.7 Å². The summed E-state index contributed by atoms with van der Waals surface area (Å²) in [6, 6.07) is 11.6. The standard InChI is InChI=1S/C24H24F3NO2S/c1-19-9-15-23(16-10-19)31(29,30)28-17-5-8-21(18-28)7-4-2-3-6-20-11-13-22(14-12-20)24(25,26)27/h9-16,18H,2,4-5,7-8,17H2,1H3. The highest BCUT2D eigenvalue weighted by Crippen LogP contribution is 2.29. The Bertz CT molecular complexity index is 1090. The third-order valence-corrected chi connectivity index (χ3v) is 6.85. The number of hydrogen-bond donors (Lipinski definition) is 0. The first-order chi connectivity index (χ1) is 14.7. The highest BCUT2D eigenvalue weighted by Gasteiger charge is 2.29. The van der Waals surface area contributed by atoms with Crippen LogP contribution in [0.15, 0.2) is 65.2 Å². The molecule has 2 aromatic rings. The van der Waals surface area contributed by atoms with Crippen LogP contribution in [0.5, 0.6) is 0 Å². The van der Waals surface area contributed by atoms with Gasteiger partial charge in [0.25, 0.3) is 10.0 Å². The molecular formula is C24H24F3NO2S. The van der Waals surface area contributed by atoms with Crippen LogP contribution in [0.2, 0.25) is 0 Å². The summed E-state index contributed by atoms with van der Waals surface area (Å²) < 4.78 is 64.9. The number of halogens is 3. The summed E-state index contributed by atoms with van der Waals surface area (Å²) in [6.07, 6.45) is 1.10. The van der Waals surface area contributed by atoms with Gasteiger partial charge in [0.05, 0.1) is 10.5 Å². The molecule has 164 valence electrons. The quantitative estimate of drug-likeness (QED) is 0.422. The highest BCUT2D eigenvalue weighted by atomic mass is 32.2. The van der Waals surface area contributed by atoms with Crippen molar-refractivity contribution in [2.75, 3.05) is 6.54 Å². The molecule has 1 aliphatic heterocycles. The summed E-state index contributed by atoms with van der Waals surface area (Å²) in [5.41, 5.74) is 1.93. The lowest BCUT2D eigenvalue weighted by Gasteiger charge is -2.26. The van der Waals surface area contributed by atoms with Crippen molar-refractivity contribution in [3.8, 4) is 11.8 Å². The summed E-state index contributed by atoms with van der Waals surface area (Å²) in [5, 5.41) is 0. The van der Waals surface area contributed by atoms with E-state index in [1.54, 1.807) is 30.5 Å². The van der Waals surface area contributed by atoms with E-state index in [4.69, 9.17) is 0 Å². The predicted molar refractivity (Wildman–Crippen MR) is 115 cm³/mol. The smallest absolute Gasteiger partial charge is 0.273 e. The van der Waals surface area contributed by atoms with E-state index in [9.17, 15) is 21.6 Å². The number of allylic oxidation sites excluding steroid dienone is 1. The molecular weight excluding hydrogens is 423 g/mol. The van der Waals surface area contributed by atoms with E-state index < -0.39 is 21.8 Å². The Balaban J connectivity index is 1.56. The molecule has 31 heavy (non-hydrogen) atoms. The number of rotatable bonds is 5.